The number of nitrogens with zero attached hydrogens (tertiary/aromatic N) is 1. The second-order valence-electron chi connectivity index (χ2n) is 6.21. The normalized spacial score (nSPS) is 10.6. The van der Waals surface area contributed by atoms with E-state index in [1.165, 1.54) is 0 Å². The van der Waals surface area contributed by atoms with Crippen molar-refractivity contribution in [2.45, 2.75) is 20.8 Å². The molecule has 132 valence electrons. The standard InChI is InChI=1S/C20H19N3O3/c1-12-9-13(2)17(14(3)10-12)22-18(24)16-11-21-20(26)23(19(16)25)15-7-5-4-6-8-15/h4-11H,1-3H3,(H,21,26)(H,22,24). The zero-order chi connectivity index (χ0) is 18.8. The lowest BCUT2D eigenvalue weighted by molar-refractivity contribution is 0.102. The van der Waals surface area contributed by atoms with Gasteiger partial charge in [-0.2, -0.15) is 0 Å². The number of hydrogen-bond acceptors (Lipinski definition) is 3. The number of benzene rings is 2. The van der Waals surface area contributed by atoms with Gasteiger partial charge in [0, 0.05) is 11.9 Å². The molecule has 1 heterocycles. The number of nitrogens with one attached hydrogen (secondary N) is 2. The Hall–Kier alpha value is -3.41. The van der Waals surface area contributed by atoms with Crippen molar-refractivity contribution in [3.63, 3.8) is 0 Å². The minimum absolute atomic E-state index is 0.132. The summed E-state index contributed by atoms with van der Waals surface area (Å²) in [4.78, 5) is 40.0. The molecule has 0 spiro atoms. The minimum Gasteiger partial charge on any atom is -0.321 e. The van der Waals surface area contributed by atoms with Gasteiger partial charge in [-0.3, -0.25) is 9.59 Å². The molecule has 0 unspecified atom stereocenters. The first kappa shape index (κ1) is 17.4. The van der Waals surface area contributed by atoms with Crippen LogP contribution in [0.3, 0.4) is 0 Å². The highest BCUT2D eigenvalue weighted by atomic mass is 16.2. The molecule has 0 aliphatic rings. The molecule has 26 heavy (non-hydrogen) atoms. The van der Waals surface area contributed by atoms with Crippen molar-refractivity contribution in [2.75, 3.05) is 5.32 Å². The maximum atomic E-state index is 12.7. The van der Waals surface area contributed by atoms with E-state index in [0.29, 0.717) is 11.4 Å². The van der Waals surface area contributed by atoms with Crippen LogP contribution < -0.4 is 16.6 Å². The molecule has 6 nitrogen and oxygen atoms in total. The Morgan fingerprint density at radius 3 is 2.23 bits per heavy atom. The molecule has 2 aromatic carbocycles. The molecule has 0 saturated carbocycles. The fourth-order valence-electron chi connectivity index (χ4n) is 3.01. The van der Waals surface area contributed by atoms with Gasteiger partial charge in [-0.05, 0) is 44.0 Å². The molecule has 3 aromatic rings. The van der Waals surface area contributed by atoms with Gasteiger partial charge in [-0.25, -0.2) is 9.36 Å². The van der Waals surface area contributed by atoms with Gasteiger partial charge in [-0.1, -0.05) is 35.9 Å². The Morgan fingerprint density at radius 1 is 1.00 bits per heavy atom. The number of aromatic amines is 1. The third kappa shape index (κ3) is 3.21. The molecule has 1 amide bonds. The van der Waals surface area contributed by atoms with E-state index >= 15 is 0 Å². The summed E-state index contributed by atoms with van der Waals surface area (Å²) in [6.45, 7) is 5.77. The van der Waals surface area contributed by atoms with Crippen LogP contribution in [0, 0.1) is 20.8 Å². The predicted molar refractivity (Wildman–Crippen MR) is 101 cm³/mol. The van der Waals surface area contributed by atoms with E-state index in [9.17, 15) is 14.4 Å². The van der Waals surface area contributed by atoms with E-state index in [1.54, 1.807) is 30.3 Å². The van der Waals surface area contributed by atoms with Crippen molar-refractivity contribution < 1.29 is 4.79 Å². The molecular formula is C20H19N3O3. The van der Waals surface area contributed by atoms with Crippen LogP contribution in [0.1, 0.15) is 27.0 Å². The van der Waals surface area contributed by atoms with Gasteiger partial charge in [0.2, 0.25) is 0 Å². The number of para-hydroxylation sites is 1. The number of rotatable bonds is 3. The molecule has 0 atom stereocenters. The molecule has 0 saturated heterocycles. The van der Waals surface area contributed by atoms with Crippen LogP contribution in [0.4, 0.5) is 5.69 Å². The molecule has 0 fully saturated rings. The lowest BCUT2D eigenvalue weighted by atomic mass is 10.0. The number of anilines is 1. The van der Waals surface area contributed by atoms with Crippen molar-refractivity contribution >= 4 is 11.6 Å². The highest BCUT2D eigenvalue weighted by Crippen LogP contribution is 2.22. The molecule has 0 bridgehead atoms. The number of carbonyl (C=O) groups is 1. The van der Waals surface area contributed by atoms with Crippen LogP contribution in [0.25, 0.3) is 5.69 Å². The molecule has 0 aliphatic heterocycles. The van der Waals surface area contributed by atoms with Crippen molar-refractivity contribution in [2.24, 2.45) is 0 Å². The first-order valence-electron chi connectivity index (χ1n) is 8.18. The van der Waals surface area contributed by atoms with Crippen molar-refractivity contribution in [1.82, 2.24) is 9.55 Å². The fourth-order valence-corrected chi connectivity index (χ4v) is 3.01. The third-order valence-corrected chi connectivity index (χ3v) is 4.15. The summed E-state index contributed by atoms with van der Waals surface area (Å²) in [6, 6.07) is 12.4. The number of H-pyrrole nitrogens is 1. The maximum absolute atomic E-state index is 12.7. The Kier molecular flexibility index (Phi) is 4.58. The van der Waals surface area contributed by atoms with Gasteiger partial charge in [0.25, 0.3) is 11.5 Å². The van der Waals surface area contributed by atoms with E-state index < -0.39 is 17.2 Å². The van der Waals surface area contributed by atoms with Crippen LogP contribution in [0.5, 0.6) is 0 Å². The molecule has 0 radical (unpaired) electrons. The molecule has 3 rings (SSSR count). The van der Waals surface area contributed by atoms with Crippen molar-refractivity contribution in [3.8, 4) is 5.69 Å². The van der Waals surface area contributed by atoms with Gasteiger partial charge < -0.3 is 10.3 Å². The van der Waals surface area contributed by atoms with Crippen LogP contribution in [0.15, 0.2) is 58.3 Å². The zero-order valence-electron chi connectivity index (χ0n) is 14.8. The second kappa shape index (κ2) is 6.84. The average molecular weight is 349 g/mol. The maximum Gasteiger partial charge on any atom is 0.333 e. The van der Waals surface area contributed by atoms with Crippen LogP contribution >= 0.6 is 0 Å². The van der Waals surface area contributed by atoms with E-state index in [2.05, 4.69) is 10.3 Å². The van der Waals surface area contributed by atoms with Gasteiger partial charge in [-0.15, -0.1) is 0 Å². The summed E-state index contributed by atoms with van der Waals surface area (Å²) >= 11 is 0. The SMILES string of the molecule is Cc1cc(C)c(NC(=O)c2c[nH]c(=O)n(-c3ccccc3)c2=O)c(C)c1. The molecule has 6 heteroatoms. The summed E-state index contributed by atoms with van der Waals surface area (Å²) in [5.74, 6) is -0.564. The Bertz CT molecular complexity index is 1070. The third-order valence-electron chi connectivity index (χ3n) is 4.15. The molecule has 2 N–H and O–H groups in total. The molecular weight excluding hydrogens is 330 g/mol. The smallest absolute Gasteiger partial charge is 0.321 e. The Morgan fingerprint density at radius 2 is 1.62 bits per heavy atom. The topological polar surface area (TPSA) is 84.0 Å². The van der Waals surface area contributed by atoms with Crippen LogP contribution in [-0.2, 0) is 0 Å². The largest absolute Gasteiger partial charge is 0.333 e. The van der Waals surface area contributed by atoms with Gasteiger partial charge in [0.15, 0.2) is 0 Å². The molecule has 1 aromatic heterocycles. The van der Waals surface area contributed by atoms with Crippen molar-refractivity contribution in [3.05, 3.63) is 91.8 Å². The monoisotopic (exact) mass is 349 g/mol. The molecule has 0 aliphatic carbocycles. The van der Waals surface area contributed by atoms with Gasteiger partial charge in [0.05, 0.1) is 5.69 Å². The number of aryl methyl sites for hydroxylation is 3. The van der Waals surface area contributed by atoms with Gasteiger partial charge >= 0.3 is 5.69 Å². The van der Waals surface area contributed by atoms with Gasteiger partial charge in [0.1, 0.15) is 5.56 Å². The summed E-state index contributed by atoms with van der Waals surface area (Å²) in [5.41, 5.74) is 2.57. The summed E-state index contributed by atoms with van der Waals surface area (Å²) in [6.07, 6.45) is 1.15. The minimum atomic E-state index is -0.667. The summed E-state index contributed by atoms with van der Waals surface area (Å²) in [5, 5.41) is 2.79. The summed E-state index contributed by atoms with van der Waals surface area (Å²) < 4.78 is 0.948. The van der Waals surface area contributed by atoms with E-state index in [4.69, 9.17) is 0 Å². The Balaban J connectivity index is 2.05. The number of amides is 1. The average Bonchev–Trinajstić information content (AvgIpc) is 2.59. The highest BCUT2D eigenvalue weighted by molar-refractivity contribution is 6.04. The predicted octanol–water partition coefficient (Wildman–Crippen LogP) is 2.70. The highest BCUT2D eigenvalue weighted by Gasteiger charge is 2.17. The van der Waals surface area contributed by atoms with E-state index in [1.807, 2.05) is 32.9 Å². The Labute approximate surface area is 150 Å². The van der Waals surface area contributed by atoms with Crippen LogP contribution in [-0.4, -0.2) is 15.5 Å². The lowest BCUT2D eigenvalue weighted by Gasteiger charge is -2.13. The second-order valence-corrected chi connectivity index (χ2v) is 6.21. The quantitative estimate of drug-likeness (QED) is 0.762. The van der Waals surface area contributed by atoms with Crippen LogP contribution in [0.2, 0.25) is 0 Å². The van der Waals surface area contributed by atoms with Crippen molar-refractivity contribution in [1.29, 1.82) is 0 Å². The number of hydrogen-bond donors (Lipinski definition) is 2. The first-order chi connectivity index (χ1) is 12.4. The zero-order valence-corrected chi connectivity index (χ0v) is 14.8. The lowest BCUT2D eigenvalue weighted by Crippen LogP contribution is -2.38. The first-order valence-corrected chi connectivity index (χ1v) is 8.18. The fraction of sp³-hybridized carbons (Fsp3) is 0.150. The number of carbonyl (C=O) groups excluding carboxylic acids is 1. The van der Waals surface area contributed by atoms with E-state index in [0.717, 1.165) is 27.5 Å². The van der Waals surface area contributed by atoms with E-state index in [-0.39, 0.29) is 5.56 Å². The number of aromatic nitrogens is 2. The summed E-state index contributed by atoms with van der Waals surface area (Å²) in [7, 11) is 0.